The highest BCUT2D eigenvalue weighted by atomic mass is 16.5. The van der Waals surface area contributed by atoms with Crippen molar-refractivity contribution in [3.05, 3.63) is 36.9 Å². The van der Waals surface area contributed by atoms with Crippen LogP contribution in [0.25, 0.3) is 0 Å². The lowest BCUT2D eigenvalue weighted by Crippen LogP contribution is -2.85. The third kappa shape index (κ3) is 4.84. The van der Waals surface area contributed by atoms with Gasteiger partial charge in [-0.15, -0.1) is 0 Å². The van der Waals surface area contributed by atoms with Crippen molar-refractivity contribution in [2.45, 2.75) is 6.92 Å². The van der Waals surface area contributed by atoms with Crippen LogP contribution < -0.4 is 14.8 Å². The fourth-order valence-electron chi connectivity index (χ4n) is 1.29. The second kappa shape index (κ2) is 7.77. The van der Waals surface area contributed by atoms with E-state index >= 15 is 0 Å². The molecular formula is C13H20NO2+. The van der Waals surface area contributed by atoms with Crippen LogP contribution in [0, 0.1) is 0 Å². The van der Waals surface area contributed by atoms with Gasteiger partial charge in [0.25, 0.3) is 0 Å². The predicted octanol–water partition coefficient (Wildman–Crippen LogP) is 1.21. The molecule has 88 valence electrons. The van der Waals surface area contributed by atoms with Gasteiger partial charge in [-0.3, -0.25) is 0 Å². The van der Waals surface area contributed by atoms with Crippen LogP contribution in [-0.4, -0.2) is 26.3 Å². The summed E-state index contributed by atoms with van der Waals surface area (Å²) in [7, 11) is 0. The van der Waals surface area contributed by atoms with Crippen LogP contribution in [-0.2, 0) is 0 Å². The van der Waals surface area contributed by atoms with Gasteiger partial charge in [-0.25, -0.2) is 0 Å². The van der Waals surface area contributed by atoms with Crippen LogP contribution in [0.4, 0.5) is 0 Å². The van der Waals surface area contributed by atoms with Crippen LogP contribution in [0.2, 0.25) is 0 Å². The summed E-state index contributed by atoms with van der Waals surface area (Å²) in [6, 6.07) is 7.70. The SMILES string of the molecule is C=CC[NH2+]CCOc1ccc(OCC)cc1. The Morgan fingerprint density at radius 3 is 2.38 bits per heavy atom. The van der Waals surface area contributed by atoms with Crippen LogP contribution in [0.15, 0.2) is 36.9 Å². The van der Waals surface area contributed by atoms with Crippen molar-refractivity contribution in [3.8, 4) is 11.5 Å². The summed E-state index contributed by atoms with van der Waals surface area (Å²) in [5.74, 6) is 1.77. The summed E-state index contributed by atoms with van der Waals surface area (Å²) in [6.45, 7) is 8.91. The zero-order valence-corrected chi connectivity index (χ0v) is 9.82. The molecule has 0 aromatic heterocycles. The van der Waals surface area contributed by atoms with Crippen molar-refractivity contribution in [1.82, 2.24) is 0 Å². The van der Waals surface area contributed by atoms with Crippen LogP contribution >= 0.6 is 0 Å². The van der Waals surface area contributed by atoms with Gasteiger partial charge in [0, 0.05) is 0 Å². The van der Waals surface area contributed by atoms with E-state index in [1.54, 1.807) is 0 Å². The molecule has 0 atom stereocenters. The molecule has 0 aliphatic carbocycles. The maximum Gasteiger partial charge on any atom is 0.137 e. The maximum absolute atomic E-state index is 5.56. The van der Waals surface area contributed by atoms with Gasteiger partial charge >= 0.3 is 0 Å². The summed E-state index contributed by atoms with van der Waals surface area (Å²) < 4.78 is 10.9. The van der Waals surface area contributed by atoms with Crippen molar-refractivity contribution in [1.29, 1.82) is 0 Å². The Balaban J connectivity index is 2.23. The lowest BCUT2D eigenvalue weighted by Gasteiger charge is -2.06. The monoisotopic (exact) mass is 222 g/mol. The largest absolute Gasteiger partial charge is 0.494 e. The smallest absolute Gasteiger partial charge is 0.137 e. The van der Waals surface area contributed by atoms with Crippen molar-refractivity contribution in [2.24, 2.45) is 0 Å². The molecule has 0 saturated carbocycles. The van der Waals surface area contributed by atoms with E-state index in [-0.39, 0.29) is 0 Å². The first kappa shape index (κ1) is 12.6. The summed E-state index contributed by atoms with van der Waals surface area (Å²) in [5.41, 5.74) is 0. The van der Waals surface area contributed by atoms with Gasteiger partial charge in [0.2, 0.25) is 0 Å². The number of hydrogen-bond acceptors (Lipinski definition) is 2. The normalized spacial score (nSPS) is 9.81. The Morgan fingerprint density at radius 2 is 1.81 bits per heavy atom. The number of quaternary nitrogens is 1. The minimum absolute atomic E-state index is 0.691. The first-order valence-corrected chi connectivity index (χ1v) is 5.65. The Kier molecular flexibility index (Phi) is 6.11. The zero-order valence-electron chi connectivity index (χ0n) is 9.82. The molecule has 0 aliphatic heterocycles. The molecule has 0 fully saturated rings. The van der Waals surface area contributed by atoms with Gasteiger partial charge in [0.15, 0.2) is 0 Å². The molecule has 0 amide bonds. The fourth-order valence-corrected chi connectivity index (χ4v) is 1.29. The van der Waals surface area contributed by atoms with E-state index in [0.717, 1.165) is 24.6 Å². The predicted molar refractivity (Wildman–Crippen MR) is 65.0 cm³/mol. The number of rotatable bonds is 8. The summed E-state index contributed by atoms with van der Waals surface area (Å²) in [5, 5.41) is 2.15. The molecule has 0 bridgehead atoms. The van der Waals surface area contributed by atoms with Gasteiger partial charge in [-0.2, -0.15) is 0 Å². The summed E-state index contributed by atoms with van der Waals surface area (Å²) >= 11 is 0. The molecule has 0 spiro atoms. The van der Waals surface area contributed by atoms with Crippen LogP contribution in [0.3, 0.4) is 0 Å². The molecule has 16 heavy (non-hydrogen) atoms. The second-order valence-electron chi connectivity index (χ2n) is 3.35. The van der Waals surface area contributed by atoms with Gasteiger partial charge in [0.1, 0.15) is 24.7 Å². The molecule has 0 unspecified atom stereocenters. The molecule has 3 nitrogen and oxygen atoms in total. The Morgan fingerprint density at radius 1 is 1.19 bits per heavy atom. The van der Waals surface area contributed by atoms with Crippen molar-refractivity contribution in [2.75, 3.05) is 26.3 Å². The van der Waals surface area contributed by atoms with E-state index in [1.165, 1.54) is 0 Å². The fraction of sp³-hybridized carbons (Fsp3) is 0.385. The molecule has 0 saturated heterocycles. The van der Waals surface area contributed by atoms with Gasteiger partial charge < -0.3 is 14.8 Å². The molecule has 1 rings (SSSR count). The molecule has 1 aromatic carbocycles. The standard InChI is InChI=1S/C13H19NO2/c1-3-9-14-10-11-16-13-7-5-12(6-8-13)15-4-2/h3,5-8,14H,1,4,9-11H2,2H3/p+1. The highest BCUT2D eigenvalue weighted by molar-refractivity contribution is 5.31. The number of nitrogens with two attached hydrogens (primary N) is 1. The van der Waals surface area contributed by atoms with E-state index < -0.39 is 0 Å². The van der Waals surface area contributed by atoms with E-state index in [1.807, 2.05) is 37.3 Å². The lowest BCUT2D eigenvalue weighted by molar-refractivity contribution is -0.646. The van der Waals surface area contributed by atoms with E-state index in [4.69, 9.17) is 9.47 Å². The first-order chi connectivity index (χ1) is 7.86. The zero-order chi connectivity index (χ0) is 11.6. The number of ether oxygens (including phenoxy) is 2. The highest BCUT2D eigenvalue weighted by Gasteiger charge is 1.96. The van der Waals surface area contributed by atoms with Gasteiger partial charge in [-0.05, 0) is 37.3 Å². The molecule has 0 heterocycles. The highest BCUT2D eigenvalue weighted by Crippen LogP contribution is 2.17. The van der Waals surface area contributed by atoms with Gasteiger partial charge in [-0.1, -0.05) is 6.58 Å². The average molecular weight is 222 g/mol. The topological polar surface area (TPSA) is 35.1 Å². The number of hydrogen-bond donors (Lipinski definition) is 1. The average Bonchev–Trinajstić information content (AvgIpc) is 2.31. The van der Waals surface area contributed by atoms with Crippen molar-refractivity contribution >= 4 is 0 Å². The molecule has 0 aliphatic rings. The van der Waals surface area contributed by atoms with Gasteiger partial charge in [0.05, 0.1) is 13.2 Å². The van der Waals surface area contributed by atoms with Crippen LogP contribution in [0.5, 0.6) is 11.5 Å². The molecular weight excluding hydrogens is 202 g/mol. The Hall–Kier alpha value is -1.48. The third-order valence-electron chi connectivity index (χ3n) is 2.06. The van der Waals surface area contributed by atoms with Crippen molar-refractivity contribution in [3.63, 3.8) is 0 Å². The summed E-state index contributed by atoms with van der Waals surface area (Å²) in [4.78, 5) is 0. The quantitative estimate of drug-likeness (QED) is 0.530. The lowest BCUT2D eigenvalue weighted by atomic mass is 10.3. The van der Waals surface area contributed by atoms with E-state index in [0.29, 0.717) is 13.2 Å². The minimum Gasteiger partial charge on any atom is -0.494 e. The molecule has 3 heteroatoms. The second-order valence-corrected chi connectivity index (χ2v) is 3.35. The Labute approximate surface area is 97.1 Å². The number of benzene rings is 1. The van der Waals surface area contributed by atoms with Crippen molar-refractivity contribution < 1.29 is 14.8 Å². The minimum atomic E-state index is 0.691. The molecule has 2 N–H and O–H groups in total. The third-order valence-corrected chi connectivity index (χ3v) is 2.06. The van der Waals surface area contributed by atoms with E-state index in [9.17, 15) is 0 Å². The maximum atomic E-state index is 5.56. The van der Waals surface area contributed by atoms with Crippen LogP contribution in [0.1, 0.15) is 6.92 Å². The first-order valence-electron chi connectivity index (χ1n) is 5.65. The van der Waals surface area contributed by atoms with E-state index in [2.05, 4.69) is 11.9 Å². The molecule has 0 radical (unpaired) electrons. The molecule has 1 aromatic rings. The summed E-state index contributed by atoms with van der Waals surface area (Å²) in [6.07, 6.45) is 1.89. The Bertz CT molecular complexity index is 295.